The molecule has 1 saturated heterocycles. The van der Waals surface area contributed by atoms with Crippen LogP contribution in [0.1, 0.15) is 55.5 Å². The van der Waals surface area contributed by atoms with E-state index in [9.17, 15) is 14.0 Å². The summed E-state index contributed by atoms with van der Waals surface area (Å²) >= 11 is 0. The molecule has 41 heavy (non-hydrogen) atoms. The number of carbonyl (C=O) groups excluding carboxylic acids is 2. The van der Waals surface area contributed by atoms with Gasteiger partial charge in [0.1, 0.15) is 12.4 Å². The molecule has 3 heterocycles. The normalized spacial score (nSPS) is 20.2. The summed E-state index contributed by atoms with van der Waals surface area (Å²) in [5.41, 5.74) is 3.18. The molecule has 6 rings (SSSR count). The summed E-state index contributed by atoms with van der Waals surface area (Å²) in [6.45, 7) is 7.46. The molecule has 2 aliphatic rings. The third-order valence-corrected chi connectivity index (χ3v) is 8.24. The zero-order valence-electron chi connectivity index (χ0n) is 23.6. The molecule has 1 aromatic heterocycles. The minimum atomic E-state index is -1.22. The number of benzene rings is 3. The number of nitrogens with one attached hydrogen (secondary N) is 1. The Kier molecular flexibility index (Phi) is 6.93. The van der Waals surface area contributed by atoms with Crippen molar-refractivity contribution < 1.29 is 23.5 Å². The molecular formula is C33H34FN3O4. The number of halogens is 1. The predicted molar refractivity (Wildman–Crippen MR) is 154 cm³/mol. The number of H-pyrrole nitrogens is 1. The van der Waals surface area contributed by atoms with E-state index in [1.165, 1.54) is 12.1 Å². The number of nitrogens with zero attached hydrogens (tertiary/aromatic N) is 2. The number of hydrogen-bond acceptors (Lipinski definition) is 4. The zero-order chi connectivity index (χ0) is 28.7. The maximum Gasteiger partial charge on any atom is 0.255 e. The van der Waals surface area contributed by atoms with Gasteiger partial charge in [-0.2, -0.15) is 0 Å². The number of para-hydroxylation sites is 1. The largest absolute Gasteiger partial charge is 0.490 e. The van der Waals surface area contributed by atoms with Gasteiger partial charge in [-0.05, 0) is 67.3 Å². The molecule has 0 bridgehead atoms. The van der Waals surface area contributed by atoms with E-state index >= 15 is 0 Å². The molecule has 0 spiro atoms. The highest BCUT2D eigenvalue weighted by Gasteiger charge is 2.56. The highest BCUT2D eigenvalue weighted by molar-refractivity contribution is 6.01. The van der Waals surface area contributed by atoms with E-state index in [0.29, 0.717) is 31.3 Å². The Balaban J connectivity index is 1.46. The molecule has 2 aliphatic heterocycles. The second kappa shape index (κ2) is 10.6. The predicted octanol–water partition coefficient (Wildman–Crippen LogP) is 5.73. The van der Waals surface area contributed by atoms with Crippen molar-refractivity contribution in [3.05, 3.63) is 94.9 Å². The smallest absolute Gasteiger partial charge is 0.255 e. The Bertz CT molecular complexity index is 1610. The van der Waals surface area contributed by atoms with Crippen LogP contribution in [-0.2, 0) is 21.7 Å². The second-order valence-electron chi connectivity index (χ2n) is 10.9. The lowest BCUT2D eigenvalue weighted by atomic mass is 9.76. The lowest BCUT2D eigenvalue weighted by molar-refractivity contribution is -0.166. The van der Waals surface area contributed by atoms with E-state index in [0.717, 1.165) is 39.7 Å². The Morgan fingerprint density at radius 1 is 1.00 bits per heavy atom. The van der Waals surface area contributed by atoms with Gasteiger partial charge in [-0.15, -0.1) is 0 Å². The number of rotatable bonds is 8. The average Bonchev–Trinajstić information content (AvgIpc) is 3.37. The minimum absolute atomic E-state index is 0.0396. The molecule has 212 valence electrons. The number of aromatic amines is 1. The van der Waals surface area contributed by atoms with Gasteiger partial charge in [0.25, 0.3) is 5.91 Å². The number of aromatic nitrogens is 1. The van der Waals surface area contributed by atoms with E-state index in [1.807, 2.05) is 50.2 Å². The summed E-state index contributed by atoms with van der Waals surface area (Å²) in [4.78, 5) is 34.9. The van der Waals surface area contributed by atoms with Gasteiger partial charge in [0, 0.05) is 29.9 Å². The number of fused-ring (bicyclic) bond motifs is 5. The van der Waals surface area contributed by atoms with Gasteiger partial charge in [-0.3, -0.25) is 9.59 Å². The van der Waals surface area contributed by atoms with Gasteiger partial charge >= 0.3 is 0 Å². The fourth-order valence-electron chi connectivity index (χ4n) is 6.25. The zero-order valence-corrected chi connectivity index (χ0v) is 23.6. The van der Waals surface area contributed by atoms with Crippen LogP contribution in [0.2, 0.25) is 0 Å². The maximum absolute atomic E-state index is 14.3. The summed E-state index contributed by atoms with van der Waals surface area (Å²) in [5, 5.41) is 1.02. The Hall–Kier alpha value is -4.33. The lowest BCUT2D eigenvalue weighted by Crippen LogP contribution is -2.67. The molecule has 8 heteroatoms. The third kappa shape index (κ3) is 4.51. The van der Waals surface area contributed by atoms with E-state index in [1.54, 1.807) is 21.9 Å². The van der Waals surface area contributed by atoms with E-state index in [-0.39, 0.29) is 36.6 Å². The molecule has 0 radical (unpaired) electrons. The van der Waals surface area contributed by atoms with Gasteiger partial charge < -0.3 is 24.3 Å². The van der Waals surface area contributed by atoms with E-state index in [4.69, 9.17) is 9.47 Å². The SMILES string of the molecule is CCCOc1ccc([C@@H]2CN3C(=O)CN(Cc4ccc(F)cc4)C(=O)[C@]3(C)c3[nH]c4ccccc4c32)cc1OCC. The van der Waals surface area contributed by atoms with Crippen LogP contribution in [0.5, 0.6) is 11.5 Å². The van der Waals surface area contributed by atoms with Crippen molar-refractivity contribution in [3.63, 3.8) is 0 Å². The molecule has 0 aliphatic carbocycles. The van der Waals surface area contributed by atoms with Gasteiger partial charge in [0.05, 0.1) is 18.9 Å². The Morgan fingerprint density at radius 2 is 1.78 bits per heavy atom. The van der Waals surface area contributed by atoms with Crippen LogP contribution in [-0.4, -0.2) is 52.9 Å². The van der Waals surface area contributed by atoms with Gasteiger partial charge in [0.2, 0.25) is 5.91 Å². The first-order valence-corrected chi connectivity index (χ1v) is 14.2. The van der Waals surface area contributed by atoms with Crippen molar-refractivity contribution >= 4 is 22.7 Å². The van der Waals surface area contributed by atoms with Crippen molar-refractivity contribution in [2.75, 3.05) is 26.3 Å². The van der Waals surface area contributed by atoms with Crippen LogP contribution in [0.15, 0.2) is 66.7 Å². The molecule has 0 saturated carbocycles. The molecule has 7 nitrogen and oxygen atoms in total. The van der Waals surface area contributed by atoms with Crippen LogP contribution in [0, 0.1) is 5.82 Å². The first kappa shape index (κ1) is 26.9. The van der Waals surface area contributed by atoms with E-state index in [2.05, 4.69) is 18.0 Å². The van der Waals surface area contributed by atoms with E-state index < -0.39 is 5.54 Å². The van der Waals surface area contributed by atoms with Gasteiger partial charge in [0.15, 0.2) is 17.0 Å². The molecule has 4 aromatic rings. The molecule has 2 amide bonds. The number of hydrogen-bond donors (Lipinski definition) is 1. The standard InChI is InChI=1S/C33H34FN3O4/c1-4-16-41-27-15-12-22(17-28(27)40-5-2)25-19-37-29(38)20-36(18-21-10-13-23(34)14-11-21)32(39)33(37,3)31-30(25)24-8-6-7-9-26(24)35-31/h6-15,17,25,35H,4-5,16,18-20H2,1-3H3/t25-,33-/m0/s1. The minimum Gasteiger partial charge on any atom is -0.490 e. The molecular weight excluding hydrogens is 521 g/mol. The van der Waals surface area contributed by atoms with Crippen molar-refractivity contribution in [2.45, 2.75) is 45.2 Å². The Labute approximate surface area is 238 Å². The van der Waals surface area contributed by atoms with Crippen molar-refractivity contribution in [1.29, 1.82) is 0 Å². The summed E-state index contributed by atoms with van der Waals surface area (Å²) in [6, 6.07) is 20.0. The molecule has 1 N–H and O–H groups in total. The summed E-state index contributed by atoms with van der Waals surface area (Å²) < 4.78 is 25.4. The fraction of sp³-hybridized carbons (Fsp3) is 0.333. The highest BCUT2D eigenvalue weighted by atomic mass is 19.1. The number of ether oxygens (including phenoxy) is 2. The lowest BCUT2D eigenvalue weighted by Gasteiger charge is -2.51. The molecule has 1 fully saturated rings. The number of amides is 2. The highest BCUT2D eigenvalue weighted by Crippen LogP contribution is 2.49. The van der Waals surface area contributed by atoms with Crippen LogP contribution >= 0.6 is 0 Å². The molecule has 2 atom stereocenters. The average molecular weight is 556 g/mol. The van der Waals surface area contributed by atoms with Crippen LogP contribution in [0.3, 0.4) is 0 Å². The topological polar surface area (TPSA) is 74.9 Å². The summed E-state index contributed by atoms with van der Waals surface area (Å²) in [7, 11) is 0. The molecule has 3 aromatic carbocycles. The van der Waals surface area contributed by atoms with Crippen molar-refractivity contribution in [1.82, 2.24) is 14.8 Å². The monoisotopic (exact) mass is 555 g/mol. The third-order valence-electron chi connectivity index (χ3n) is 8.24. The van der Waals surface area contributed by atoms with Gasteiger partial charge in [-0.1, -0.05) is 43.3 Å². The summed E-state index contributed by atoms with van der Waals surface area (Å²) in [5.74, 6) is 0.542. The number of piperazine rings is 1. The first-order valence-electron chi connectivity index (χ1n) is 14.2. The Morgan fingerprint density at radius 3 is 2.54 bits per heavy atom. The van der Waals surface area contributed by atoms with Crippen molar-refractivity contribution in [3.8, 4) is 11.5 Å². The second-order valence-corrected chi connectivity index (χ2v) is 10.9. The first-order chi connectivity index (χ1) is 19.8. The maximum atomic E-state index is 14.3. The van der Waals surface area contributed by atoms with Gasteiger partial charge in [-0.25, -0.2) is 4.39 Å². The summed E-state index contributed by atoms with van der Waals surface area (Å²) in [6.07, 6.45) is 0.885. The van der Waals surface area contributed by atoms with Crippen molar-refractivity contribution in [2.24, 2.45) is 0 Å². The van der Waals surface area contributed by atoms with Crippen LogP contribution in [0.4, 0.5) is 4.39 Å². The van der Waals surface area contributed by atoms with Crippen LogP contribution in [0.25, 0.3) is 10.9 Å². The molecule has 0 unspecified atom stereocenters. The fourth-order valence-corrected chi connectivity index (χ4v) is 6.25. The number of carbonyl (C=O) groups is 2. The quantitative estimate of drug-likeness (QED) is 0.302. The van der Waals surface area contributed by atoms with Crippen LogP contribution < -0.4 is 9.47 Å².